The van der Waals surface area contributed by atoms with Crippen LogP contribution in [0.2, 0.25) is 0 Å². The summed E-state index contributed by atoms with van der Waals surface area (Å²) in [6.45, 7) is 0. The van der Waals surface area contributed by atoms with Gasteiger partial charge in [0.25, 0.3) is 0 Å². The van der Waals surface area contributed by atoms with E-state index >= 15 is 0 Å². The van der Waals surface area contributed by atoms with Gasteiger partial charge in [-0.15, -0.1) is 0 Å². The third kappa shape index (κ3) is 5.55. The summed E-state index contributed by atoms with van der Waals surface area (Å²) in [4.78, 5) is 48.6. The number of primary amides is 4. The lowest BCUT2D eigenvalue weighted by molar-refractivity contribution is 0.0953. The van der Waals surface area contributed by atoms with Crippen molar-refractivity contribution in [2.45, 2.75) is 22.5 Å². The molecular weight excluding hydrogens is 632 g/mol. The Labute approximate surface area is 195 Å². The number of benzene rings is 1. The molecule has 0 aliphatic carbocycles. The molecule has 0 bridgehead atoms. The summed E-state index contributed by atoms with van der Waals surface area (Å²) in [6.07, 6.45) is 0.137. The van der Waals surface area contributed by atoms with Crippen LogP contribution >= 0.6 is 63.7 Å². The first-order valence-corrected chi connectivity index (χ1v) is 11.9. The summed E-state index contributed by atoms with van der Waals surface area (Å²) in [7, 11) is 0. The molecule has 0 saturated heterocycles. The van der Waals surface area contributed by atoms with Gasteiger partial charge in [-0.3, -0.25) is 19.2 Å². The van der Waals surface area contributed by atoms with E-state index in [0.717, 1.165) is 0 Å². The van der Waals surface area contributed by atoms with Gasteiger partial charge in [0.2, 0.25) is 23.6 Å². The van der Waals surface area contributed by atoms with Crippen LogP contribution in [0.15, 0.2) is 0 Å². The van der Waals surface area contributed by atoms with Gasteiger partial charge in [0.15, 0.2) is 0 Å². The van der Waals surface area contributed by atoms with Gasteiger partial charge in [-0.25, -0.2) is 0 Å². The average molecular weight is 650 g/mol. The minimum Gasteiger partial charge on any atom is -0.366 e. The molecule has 2 atom stereocenters. The van der Waals surface area contributed by atoms with Crippen LogP contribution in [-0.4, -0.2) is 43.9 Å². The highest BCUT2D eigenvalue weighted by atomic mass is 79.9. The molecule has 8 nitrogen and oxygen atoms in total. The summed E-state index contributed by atoms with van der Waals surface area (Å²) in [5.74, 6) is -3.88. The van der Waals surface area contributed by atoms with E-state index < -0.39 is 23.6 Å². The SMILES string of the molecule is NC(=O)c1c(CC(Br)CBr)c(C(N)=O)c(C(N)=O)c(CC(Br)CBr)c1C(N)=O. The Morgan fingerprint density at radius 2 is 0.821 bits per heavy atom. The van der Waals surface area contributed by atoms with Crippen molar-refractivity contribution < 1.29 is 19.2 Å². The first-order chi connectivity index (χ1) is 13.0. The second-order valence-electron chi connectivity index (χ2n) is 5.83. The van der Waals surface area contributed by atoms with Crippen molar-refractivity contribution in [1.29, 1.82) is 0 Å². The van der Waals surface area contributed by atoms with Crippen molar-refractivity contribution in [2.24, 2.45) is 22.9 Å². The Morgan fingerprint density at radius 1 is 0.607 bits per heavy atom. The molecular formula is C16H18Br4N4O4. The van der Waals surface area contributed by atoms with Crippen LogP contribution < -0.4 is 22.9 Å². The van der Waals surface area contributed by atoms with Crippen molar-refractivity contribution in [3.63, 3.8) is 0 Å². The van der Waals surface area contributed by atoms with E-state index in [1.807, 2.05) is 0 Å². The normalized spacial score (nSPS) is 13.0. The number of carbonyl (C=O) groups excluding carboxylic acids is 4. The predicted molar refractivity (Wildman–Crippen MR) is 121 cm³/mol. The van der Waals surface area contributed by atoms with Crippen molar-refractivity contribution in [2.75, 3.05) is 10.7 Å². The maximum Gasteiger partial charge on any atom is 0.249 e. The Kier molecular flexibility index (Phi) is 9.57. The second kappa shape index (κ2) is 10.7. The highest BCUT2D eigenvalue weighted by molar-refractivity contribution is 9.12. The summed E-state index contributed by atoms with van der Waals surface area (Å²) < 4.78 is 0. The zero-order chi connectivity index (χ0) is 21.8. The molecule has 0 aromatic heterocycles. The minimum atomic E-state index is -0.970. The fourth-order valence-corrected chi connectivity index (χ4v) is 4.01. The predicted octanol–water partition coefficient (Wildman–Crippen LogP) is 1.48. The highest BCUT2D eigenvalue weighted by Crippen LogP contribution is 2.32. The third-order valence-electron chi connectivity index (χ3n) is 3.88. The molecule has 0 aliphatic rings. The van der Waals surface area contributed by atoms with Gasteiger partial charge < -0.3 is 22.9 Å². The maximum atomic E-state index is 12.3. The number of nitrogens with two attached hydrogens (primary N) is 4. The van der Waals surface area contributed by atoms with Crippen LogP contribution in [-0.2, 0) is 12.8 Å². The molecule has 28 heavy (non-hydrogen) atoms. The topological polar surface area (TPSA) is 172 Å². The third-order valence-corrected chi connectivity index (χ3v) is 8.47. The largest absolute Gasteiger partial charge is 0.366 e. The first kappa shape index (κ1) is 25.1. The fourth-order valence-electron chi connectivity index (χ4n) is 2.90. The monoisotopic (exact) mass is 646 g/mol. The molecule has 0 spiro atoms. The van der Waals surface area contributed by atoms with Crippen molar-refractivity contribution in [3.05, 3.63) is 33.4 Å². The van der Waals surface area contributed by atoms with E-state index in [4.69, 9.17) is 22.9 Å². The fraction of sp³-hybridized carbons (Fsp3) is 0.375. The first-order valence-electron chi connectivity index (χ1n) is 7.78. The lowest BCUT2D eigenvalue weighted by Gasteiger charge is -2.23. The van der Waals surface area contributed by atoms with Crippen molar-refractivity contribution >= 4 is 87.3 Å². The molecule has 0 aliphatic heterocycles. The van der Waals surface area contributed by atoms with Crippen LogP contribution in [0.5, 0.6) is 0 Å². The number of carbonyl (C=O) groups is 4. The van der Waals surface area contributed by atoms with Crippen LogP contribution in [0.4, 0.5) is 0 Å². The summed E-state index contributed by atoms with van der Waals surface area (Å²) in [6, 6.07) is 0. The molecule has 12 heteroatoms. The smallest absolute Gasteiger partial charge is 0.249 e. The Hall–Kier alpha value is -0.980. The van der Waals surface area contributed by atoms with E-state index in [2.05, 4.69) is 63.7 Å². The molecule has 1 aromatic rings. The lowest BCUT2D eigenvalue weighted by atomic mass is 9.82. The Bertz CT molecular complexity index is 711. The quantitative estimate of drug-likeness (QED) is 0.282. The van der Waals surface area contributed by atoms with Gasteiger partial charge in [-0.1, -0.05) is 63.7 Å². The molecule has 1 rings (SSSR count). The van der Waals surface area contributed by atoms with Gasteiger partial charge in [-0.2, -0.15) is 0 Å². The highest BCUT2D eigenvalue weighted by Gasteiger charge is 2.33. The Morgan fingerprint density at radius 3 is 0.964 bits per heavy atom. The standard InChI is InChI=1S/C16H18Br4N4O4/c17-3-5(19)1-7-9(13(21)25)11(15(23)27)8(2-6(20)4-18)12(16(24)28)10(7)14(22)26/h5-6H,1-4H2,(H2,21,25)(H2,22,26)(H2,23,27)(H2,24,28). The lowest BCUT2D eigenvalue weighted by Crippen LogP contribution is -2.33. The van der Waals surface area contributed by atoms with Crippen LogP contribution in [0.3, 0.4) is 0 Å². The van der Waals surface area contributed by atoms with Gasteiger partial charge in [0.05, 0.1) is 22.3 Å². The zero-order valence-electron chi connectivity index (χ0n) is 14.4. The molecule has 0 heterocycles. The minimum absolute atomic E-state index is 0.0534. The van der Waals surface area contributed by atoms with Crippen LogP contribution in [0.25, 0.3) is 0 Å². The van der Waals surface area contributed by atoms with Crippen LogP contribution in [0, 0.1) is 0 Å². The van der Waals surface area contributed by atoms with E-state index in [-0.39, 0.29) is 55.9 Å². The average Bonchev–Trinajstić information content (AvgIpc) is 2.59. The zero-order valence-corrected chi connectivity index (χ0v) is 20.8. The molecule has 1 aromatic carbocycles. The van der Waals surface area contributed by atoms with E-state index in [9.17, 15) is 19.2 Å². The van der Waals surface area contributed by atoms with Gasteiger partial charge in [0, 0.05) is 20.3 Å². The number of halogens is 4. The van der Waals surface area contributed by atoms with E-state index in [1.54, 1.807) is 0 Å². The summed E-state index contributed by atoms with van der Waals surface area (Å²) in [5.41, 5.74) is 21.3. The molecule has 8 N–H and O–H groups in total. The van der Waals surface area contributed by atoms with E-state index in [0.29, 0.717) is 10.7 Å². The van der Waals surface area contributed by atoms with E-state index in [1.165, 1.54) is 0 Å². The molecule has 2 unspecified atom stereocenters. The number of hydrogen-bond acceptors (Lipinski definition) is 4. The number of hydrogen-bond donors (Lipinski definition) is 4. The molecule has 0 radical (unpaired) electrons. The van der Waals surface area contributed by atoms with Gasteiger partial charge in [-0.05, 0) is 24.0 Å². The Balaban J connectivity index is 4.21. The van der Waals surface area contributed by atoms with Crippen LogP contribution in [0.1, 0.15) is 52.6 Å². The summed E-state index contributed by atoms with van der Waals surface area (Å²) >= 11 is 13.3. The molecule has 0 saturated carbocycles. The maximum absolute atomic E-state index is 12.3. The molecule has 0 fully saturated rings. The molecule has 4 amide bonds. The van der Waals surface area contributed by atoms with Crippen molar-refractivity contribution in [3.8, 4) is 0 Å². The van der Waals surface area contributed by atoms with Gasteiger partial charge >= 0.3 is 0 Å². The number of amides is 4. The number of alkyl halides is 4. The van der Waals surface area contributed by atoms with Crippen molar-refractivity contribution in [1.82, 2.24) is 0 Å². The van der Waals surface area contributed by atoms with Gasteiger partial charge in [0.1, 0.15) is 0 Å². The summed E-state index contributed by atoms with van der Waals surface area (Å²) in [5, 5.41) is 0.881. The number of rotatable bonds is 10. The second-order valence-corrected chi connectivity index (χ2v) is 9.71. The molecule has 154 valence electrons.